The van der Waals surface area contributed by atoms with Crippen LogP contribution in [-0.2, 0) is 16.0 Å². The molecule has 8 heteroatoms. The molecule has 8 nitrogen and oxygen atoms in total. The van der Waals surface area contributed by atoms with Gasteiger partial charge in [-0.15, -0.1) is 0 Å². The molecule has 0 atom stereocenters. The molecule has 0 saturated heterocycles. The first kappa shape index (κ1) is 22.0. The van der Waals surface area contributed by atoms with Crippen molar-refractivity contribution in [1.29, 1.82) is 0 Å². The summed E-state index contributed by atoms with van der Waals surface area (Å²) in [5, 5.41) is 0.853. The van der Waals surface area contributed by atoms with Crippen LogP contribution in [0.3, 0.4) is 0 Å². The summed E-state index contributed by atoms with van der Waals surface area (Å²) in [4.78, 5) is 24.9. The van der Waals surface area contributed by atoms with Crippen LogP contribution in [0.15, 0.2) is 59.1 Å². The van der Waals surface area contributed by atoms with Gasteiger partial charge in [-0.05, 0) is 23.8 Å². The van der Waals surface area contributed by atoms with Gasteiger partial charge in [0.2, 0.25) is 5.76 Å². The van der Waals surface area contributed by atoms with Gasteiger partial charge >= 0.3 is 11.9 Å². The third-order valence-corrected chi connectivity index (χ3v) is 5.38. The molecule has 4 aromatic rings. The fourth-order valence-electron chi connectivity index (χ4n) is 3.82. The first-order valence-corrected chi connectivity index (χ1v) is 10.1. The smallest absolute Gasteiger partial charge is 0.377 e. The van der Waals surface area contributed by atoms with Crippen LogP contribution in [0.4, 0.5) is 0 Å². The molecule has 2 aromatic carbocycles. The minimum absolute atomic E-state index is 0.106. The Kier molecular flexibility index (Phi) is 6.08. The van der Waals surface area contributed by atoms with Crippen molar-refractivity contribution in [1.82, 2.24) is 4.57 Å². The van der Waals surface area contributed by atoms with Crippen LogP contribution in [0.5, 0.6) is 11.5 Å². The lowest BCUT2D eigenvalue weighted by Crippen LogP contribution is -2.02. The Balaban J connectivity index is 1.92. The van der Waals surface area contributed by atoms with Gasteiger partial charge in [0.05, 0.1) is 34.0 Å². The van der Waals surface area contributed by atoms with E-state index in [2.05, 4.69) is 4.57 Å². The Morgan fingerprint density at radius 1 is 0.848 bits per heavy atom. The van der Waals surface area contributed by atoms with E-state index in [1.54, 1.807) is 7.11 Å². The van der Waals surface area contributed by atoms with Crippen molar-refractivity contribution in [3.05, 3.63) is 71.8 Å². The molecule has 2 heterocycles. The van der Waals surface area contributed by atoms with Gasteiger partial charge in [0, 0.05) is 29.2 Å². The highest BCUT2D eigenvalue weighted by Crippen LogP contribution is 2.43. The maximum absolute atomic E-state index is 12.6. The normalized spacial score (nSPS) is 10.8. The molecule has 33 heavy (non-hydrogen) atoms. The molecular weight excluding hydrogens is 426 g/mol. The third kappa shape index (κ3) is 3.91. The summed E-state index contributed by atoms with van der Waals surface area (Å²) in [6.07, 6.45) is 1.90. The van der Waals surface area contributed by atoms with Crippen LogP contribution in [0, 0.1) is 0 Å². The van der Waals surface area contributed by atoms with Crippen LogP contribution >= 0.6 is 0 Å². The molecule has 0 saturated carbocycles. The second-order valence-corrected chi connectivity index (χ2v) is 7.19. The predicted octanol–water partition coefficient (Wildman–Crippen LogP) is 4.54. The van der Waals surface area contributed by atoms with E-state index in [4.69, 9.17) is 23.4 Å². The van der Waals surface area contributed by atoms with Crippen molar-refractivity contribution in [3.8, 4) is 22.6 Å². The number of aromatic nitrogens is 1. The number of furan rings is 1. The van der Waals surface area contributed by atoms with Crippen LogP contribution in [-0.4, -0.2) is 44.9 Å². The van der Waals surface area contributed by atoms with E-state index in [1.165, 1.54) is 21.3 Å². The summed E-state index contributed by atoms with van der Waals surface area (Å²) in [5.74, 6) is -0.951. The first-order valence-electron chi connectivity index (χ1n) is 10.1. The number of hydrogen-bond acceptors (Lipinski definition) is 7. The van der Waals surface area contributed by atoms with E-state index in [1.807, 2.05) is 54.7 Å². The number of para-hydroxylation sites is 1. The zero-order valence-corrected chi connectivity index (χ0v) is 18.7. The highest BCUT2D eigenvalue weighted by molar-refractivity contribution is 6.07. The summed E-state index contributed by atoms with van der Waals surface area (Å²) in [7, 11) is 5.49. The van der Waals surface area contributed by atoms with Gasteiger partial charge in [-0.2, -0.15) is 0 Å². The van der Waals surface area contributed by atoms with Gasteiger partial charge < -0.3 is 27.9 Å². The minimum atomic E-state index is -0.759. The number of carbonyl (C=O) groups excluding carboxylic acids is 2. The minimum Gasteiger partial charge on any atom is -0.497 e. The Morgan fingerprint density at radius 2 is 1.52 bits per heavy atom. The first-order chi connectivity index (χ1) is 16.0. The average Bonchev–Trinajstić information content (AvgIpc) is 3.42. The van der Waals surface area contributed by atoms with E-state index in [0.717, 1.165) is 22.2 Å². The number of ether oxygens (including phenoxy) is 4. The summed E-state index contributed by atoms with van der Waals surface area (Å²) in [6.45, 7) is 0.572. The molecule has 0 aliphatic carbocycles. The topological polar surface area (TPSA) is 89.1 Å². The van der Waals surface area contributed by atoms with Crippen LogP contribution < -0.4 is 9.47 Å². The van der Waals surface area contributed by atoms with Crippen molar-refractivity contribution in [2.45, 2.75) is 6.54 Å². The van der Waals surface area contributed by atoms with E-state index < -0.39 is 11.9 Å². The Hall–Kier alpha value is -4.20. The maximum atomic E-state index is 12.6. The van der Waals surface area contributed by atoms with Gasteiger partial charge in [-0.25, -0.2) is 9.59 Å². The second-order valence-electron chi connectivity index (χ2n) is 7.19. The SMILES string of the molecule is COC(=O)c1oc(C(=O)OC)c(-c2cn(Cc3ccc(OC)cc3)c3ccccc23)c1OC. The van der Waals surface area contributed by atoms with Crippen molar-refractivity contribution in [3.63, 3.8) is 0 Å². The standard InChI is InChI=1S/C25H23NO7/c1-29-16-11-9-15(10-12-16)13-26-14-18(17-7-5-6-8-19(17)26)20-21(30-2)23(25(28)32-4)33-22(20)24(27)31-3/h5-12,14H,13H2,1-4H3. The summed E-state index contributed by atoms with van der Waals surface area (Å²) in [5.41, 5.74) is 2.98. The Morgan fingerprint density at radius 3 is 2.15 bits per heavy atom. The van der Waals surface area contributed by atoms with Crippen LogP contribution in [0.25, 0.3) is 22.0 Å². The second kappa shape index (κ2) is 9.12. The number of hydrogen-bond donors (Lipinski definition) is 0. The lowest BCUT2D eigenvalue weighted by molar-refractivity contribution is 0.0529. The van der Waals surface area contributed by atoms with Gasteiger partial charge in [0.15, 0.2) is 5.75 Å². The average molecular weight is 449 g/mol. The summed E-state index contributed by atoms with van der Waals surface area (Å²) >= 11 is 0. The van der Waals surface area contributed by atoms with Crippen LogP contribution in [0.1, 0.15) is 26.7 Å². The Labute approximate surface area is 190 Å². The van der Waals surface area contributed by atoms with Crippen molar-refractivity contribution in [2.75, 3.05) is 28.4 Å². The largest absolute Gasteiger partial charge is 0.497 e. The molecule has 0 amide bonds. The zero-order valence-electron chi connectivity index (χ0n) is 18.7. The monoisotopic (exact) mass is 449 g/mol. The lowest BCUT2D eigenvalue weighted by Gasteiger charge is -2.06. The number of benzene rings is 2. The molecule has 0 N–H and O–H groups in total. The molecule has 2 aromatic heterocycles. The molecule has 0 aliphatic heterocycles. The fraction of sp³-hybridized carbons (Fsp3) is 0.200. The molecule has 0 bridgehead atoms. The molecule has 170 valence electrons. The number of rotatable bonds is 7. The van der Waals surface area contributed by atoms with Gasteiger partial charge in [-0.3, -0.25) is 0 Å². The number of fused-ring (bicyclic) bond motifs is 1. The van der Waals surface area contributed by atoms with Crippen molar-refractivity contribution >= 4 is 22.8 Å². The lowest BCUT2D eigenvalue weighted by atomic mass is 10.0. The molecule has 0 fully saturated rings. The molecule has 0 unspecified atom stereocenters. The summed E-state index contributed by atoms with van der Waals surface area (Å²) < 4.78 is 28.1. The molecular formula is C25H23NO7. The Bertz CT molecular complexity index is 1310. The van der Waals surface area contributed by atoms with Crippen molar-refractivity contribution in [2.24, 2.45) is 0 Å². The third-order valence-electron chi connectivity index (χ3n) is 5.38. The van der Waals surface area contributed by atoms with Crippen LogP contribution in [0.2, 0.25) is 0 Å². The van der Waals surface area contributed by atoms with Gasteiger partial charge in [-0.1, -0.05) is 30.3 Å². The number of methoxy groups -OCH3 is 4. The maximum Gasteiger partial charge on any atom is 0.377 e. The number of carbonyl (C=O) groups is 2. The molecule has 0 radical (unpaired) electrons. The molecule has 4 rings (SSSR count). The summed E-state index contributed by atoms with van der Waals surface area (Å²) in [6, 6.07) is 15.5. The van der Waals surface area contributed by atoms with E-state index in [9.17, 15) is 9.59 Å². The van der Waals surface area contributed by atoms with E-state index >= 15 is 0 Å². The van der Waals surface area contributed by atoms with Gasteiger partial charge in [0.25, 0.3) is 5.76 Å². The number of nitrogens with zero attached hydrogens (tertiary/aromatic N) is 1. The van der Waals surface area contributed by atoms with E-state index in [-0.39, 0.29) is 17.3 Å². The van der Waals surface area contributed by atoms with E-state index in [0.29, 0.717) is 17.7 Å². The van der Waals surface area contributed by atoms with Gasteiger partial charge in [0.1, 0.15) is 5.75 Å². The highest BCUT2D eigenvalue weighted by Gasteiger charge is 2.33. The molecule has 0 aliphatic rings. The molecule has 0 spiro atoms. The van der Waals surface area contributed by atoms with Crippen molar-refractivity contribution < 1.29 is 33.0 Å². The number of esters is 2. The quantitative estimate of drug-likeness (QED) is 0.383. The fourth-order valence-corrected chi connectivity index (χ4v) is 3.82. The highest BCUT2D eigenvalue weighted by atomic mass is 16.6. The predicted molar refractivity (Wildman–Crippen MR) is 121 cm³/mol. The zero-order chi connectivity index (χ0) is 23.5.